The van der Waals surface area contributed by atoms with Crippen LogP contribution < -0.4 is 15.1 Å². The monoisotopic (exact) mass is 386 g/mol. The van der Waals surface area contributed by atoms with E-state index in [4.69, 9.17) is 9.72 Å². The van der Waals surface area contributed by atoms with Crippen LogP contribution in [-0.4, -0.2) is 58.5 Å². The molecule has 0 atom stereocenters. The molecule has 0 bridgehead atoms. The zero-order chi connectivity index (χ0) is 19.9. The quantitative estimate of drug-likeness (QED) is 0.874. The summed E-state index contributed by atoms with van der Waals surface area (Å²) < 4.78 is 7.33. The van der Waals surface area contributed by atoms with Gasteiger partial charge in [0, 0.05) is 44.4 Å². The van der Waals surface area contributed by atoms with Crippen LogP contribution in [0.5, 0.6) is 0 Å². The summed E-state index contributed by atoms with van der Waals surface area (Å²) in [6.45, 7) is 11.5. The molecule has 28 heavy (non-hydrogen) atoms. The highest BCUT2D eigenvalue weighted by atomic mass is 16.6. The molecule has 8 heteroatoms. The van der Waals surface area contributed by atoms with E-state index >= 15 is 0 Å². The van der Waals surface area contributed by atoms with Crippen molar-refractivity contribution in [1.29, 1.82) is 0 Å². The van der Waals surface area contributed by atoms with Crippen molar-refractivity contribution in [3.05, 3.63) is 17.8 Å². The summed E-state index contributed by atoms with van der Waals surface area (Å²) in [4.78, 5) is 21.5. The van der Waals surface area contributed by atoms with Gasteiger partial charge in [-0.15, -0.1) is 0 Å². The number of hydrogen-bond donors (Lipinski definition) is 1. The fraction of sp³-hybridized carbons (Fsp3) is 0.650. The molecule has 4 heterocycles. The summed E-state index contributed by atoms with van der Waals surface area (Å²) in [7, 11) is 0. The summed E-state index contributed by atoms with van der Waals surface area (Å²) in [6.07, 6.45) is 2.65. The maximum Gasteiger partial charge on any atom is 0.407 e. The van der Waals surface area contributed by atoms with E-state index < -0.39 is 5.60 Å². The molecule has 0 aromatic carbocycles. The third kappa shape index (κ3) is 4.00. The van der Waals surface area contributed by atoms with Gasteiger partial charge in [-0.1, -0.05) is 0 Å². The van der Waals surface area contributed by atoms with Gasteiger partial charge in [-0.2, -0.15) is 9.61 Å². The molecule has 2 aromatic rings. The highest BCUT2D eigenvalue weighted by Gasteiger charge is 2.26. The standard InChI is InChI=1S/C20H30N6O2/c1-14-12-17-22-16(24-8-5-9-24)13-18(26(17)23-14)25-10-6-15(7-11-25)21-19(27)28-20(2,3)4/h12-13,15H,5-11H2,1-4H3,(H,21,27). The number of hydrogen-bond acceptors (Lipinski definition) is 6. The van der Waals surface area contributed by atoms with Crippen LogP contribution in [0.2, 0.25) is 0 Å². The summed E-state index contributed by atoms with van der Waals surface area (Å²) in [5.41, 5.74) is 1.39. The third-order valence-corrected chi connectivity index (χ3v) is 5.24. The average molecular weight is 387 g/mol. The molecule has 0 radical (unpaired) electrons. The minimum atomic E-state index is -0.474. The molecule has 8 nitrogen and oxygen atoms in total. The van der Waals surface area contributed by atoms with Crippen molar-refractivity contribution in [2.24, 2.45) is 0 Å². The highest BCUT2D eigenvalue weighted by molar-refractivity contribution is 5.68. The predicted octanol–water partition coefficient (Wildman–Crippen LogP) is 2.74. The largest absolute Gasteiger partial charge is 0.444 e. The number of fused-ring (bicyclic) bond motifs is 1. The first-order valence-corrected chi connectivity index (χ1v) is 10.2. The third-order valence-electron chi connectivity index (χ3n) is 5.24. The van der Waals surface area contributed by atoms with Gasteiger partial charge in [-0.3, -0.25) is 0 Å². The minimum Gasteiger partial charge on any atom is -0.444 e. The van der Waals surface area contributed by atoms with Gasteiger partial charge in [0.1, 0.15) is 17.2 Å². The normalized spacial score (nSPS) is 18.3. The number of rotatable bonds is 3. The van der Waals surface area contributed by atoms with Gasteiger partial charge in [0.25, 0.3) is 0 Å². The van der Waals surface area contributed by atoms with Crippen molar-refractivity contribution in [2.45, 2.75) is 58.6 Å². The van der Waals surface area contributed by atoms with Gasteiger partial charge in [0.2, 0.25) is 0 Å². The molecule has 0 unspecified atom stereocenters. The minimum absolute atomic E-state index is 0.137. The number of amides is 1. The molecule has 0 spiro atoms. The number of aromatic nitrogens is 3. The Balaban J connectivity index is 1.47. The van der Waals surface area contributed by atoms with Crippen LogP contribution in [0.4, 0.5) is 16.4 Å². The van der Waals surface area contributed by atoms with E-state index in [0.29, 0.717) is 0 Å². The fourth-order valence-corrected chi connectivity index (χ4v) is 3.72. The Morgan fingerprint density at radius 1 is 1.14 bits per heavy atom. The van der Waals surface area contributed by atoms with Crippen LogP contribution in [-0.2, 0) is 4.74 Å². The van der Waals surface area contributed by atoms with Gasteiger partial charge in [-0.25, -0.2) is 9.78 Å². The molecule has 1 N–H and O–H groups in total. The molecule has 2 aliphatic heterocycles. The second-order valence-corrected chi connectivity index (χ2v) is 8.78. The first-order chi connectivity index (χ1) is 13.3. The van der Waals surface area contributed by atoms with Crippen molar-refractivity contribution >= 4 is 23.4 Å². The Morgan fingerprint density at radius 2 is 1.86 bits per heavy atom. The molecule has 2 saturated heterocycles. The zero-order valence-electron chi connectivity index (χ0n) is 17.2. The molecular weight excluding hydrogens is 356 g/mol. The molecule has 2 aliphatic rings. The van der Waals surface area contributed by atoms with Crippen molar-refractivity contribution in [2.75, 3.05) is 36.0 Å². The number of carbonyl (C=O) groups is 1. The van der Waals surface area contributed by atoms with E-state index in [-0.39, 0.29) is 12.1 Å². The molecular formula is C20H30N6O2. The smallest absolute Gasteiger partial charge is 0.407 e. The summed E-state index contributed by atoms with van der Waals surface area (Å²) in [6, 6.07) is 4.32. The van der Waals surface area contributed by atoms with Gasteiger partial charge in [-0.05, 0) is 47.0 Å². The molecule has 0 saturated carbocycles. The van der Waals surface area contributed by atoms with Crippen molar-refractivity contribution in [3.63, 3.8) is 0 Å². The van der Waals surface area contributed by atoms with Crippen LogP contribution in [0.1, 0.15) is 45.7 Å². The number of anilines is 2. The molecule has 1 amide bonds. The maximum absolute atomic E-state index is 12.0. The maximum atomic E-state index is 12.0. The van der Waals surface area contributed by atoms with E-state index in [1.807, 2.05) is 38.3 Å². The van der Waals surface area contributed by atoms with Crippen LogP contribution >= 0.6 is 0 Å². The molecule has 2 aromatic heterocycles. The van der Waals surface area contributed by atoms with Gasteiger partial charge < -0.3 is 19.9 Å². The number of carbonyl (C=O) groups excluding carboxylic acids is 1. The molecule has 152 valence electrons. The van der Waals surface area contributed by atoms with Gasteiger partial charge in [0.05, 0.1) is 5.69 Å². The number of aryl methyl sites for hydroxylation is 1. The summed E-state index contributed by atoms with van der Waals surface area (Å²) in [5.74, 6) is 2.11. The first kappa shape index (κ1) is 18.8. The van der Waals surface area contributed by atoms with Crippen molar-refractivity contribution in [3.8, 4) is 0 Å². The van der Waals surface area contributed by atoms with Crippen molar-refractivity contribution < 1.29 is 9.53 Å². The van der Waals surface area contributed by atoms with Gasteiger partial charge >= 0.3 is 6.09 Å². The Hall–Kier alpha value is -2.51. The van der Waals surface area contributed by atoms with E-state index in [1.54, 1.807) is 0 Å². The Morgan fingerprint density at radius 3 is 2.46 bits per heavy atom. The highest BCUT2D eigenvalue weighted by Crippen LogP contribution is 2.28. The summed E-state index contributed by atoms with van der Waals surface area (Å²) >= 11 is 0. The summed E-state index contributed by atoms with van der Waals surface area (Å²) in [5, 5.41) is 7.65. The van der Waals surface area contributed by atoms with Gasteiger partial charge in [0.15, 0.2) is 5.65 Å². The number of alkyl carbamates (subject to hydrolysis) is 1. The zero-order valence-corrected chi connectivity index (χ0v) is 17.2. The van der Waals surface area contributed by atoms with Crippen LogP contribution in [0.25, 0.3) is 5.65 Å². The lowest BCUT2D eigenvalue weighted by Crippen LogP contribution is -2.46. The lowest BCUT2D eigenvalue weighted by molar-refractivity contribution is 0.0497. The SMILES string of the molecule is Cc1cc2nc(N3CCC3)cc(N3CCC(NC(=O)OC(C)(C)C)CC3)n2n1. The average Bonchev–Trinajstić information content (AvgIpc) is 2.91. The fourth-order valence-electron chi connectivity index (χ4n) is 3.72. The molecule has 0 aliphatic carbocycles. The number of piperidine rings is 1. The van der Waals surface area contributed by atoms with Crippen LogP contribution in [0.15, 0.2) is 12.1 Å². The van der Waals surface area contributed by atoms with E-state index in [1.165, 1.54) is 6.42 Å². The Kier molecular flexibility index (Phi) is 4.81. The lowest BCUT2D eigenvalue weighted by atomic mass is 10.1. The van der Waals surface area contributed by atoms with Crippen LogP contribution in [0, 0.1) is 6.92 Å². The topological polar surface area (TPSA) is 75.0 Å². The van der Waals surface area contributed by atoms with E-state index in [0.717, 1.165) is 62.0 Å². The van der Waals surface area contributed by atoms with E-state index in [2.05, 4.69) is 26.3 Å². The lowest BCUT2D eigenvalue weighted by Gasteiger charge is -2.36. The second kappa shape index (κ2) is 7.14. The first-order valence-electron chi connectivity index (χ1n) is 10.2. The number of ether oxygens (including phenoxy) is 1. The molecule has 4 rings (SSSR count). The van der Waals surface area contributed by atoms with Crippen LogP contribution in [0.3, 0.4) is 0 Å². The molecule has 2 fully saturated rings. The number of nitrogens with zero attached hydrogens (tertiary/aromatic N) is 5. The Bertz CT molecular complexity index is 859. The predicted molar refractivity (Wildman–Crippen MR) is 109 cm³/mol. The number of nitrogens with one attached hydrogen (secondary N) is 1. The van der Waals surface area contributed by atoms with Crippen molar-refractivity contribution in [1.82, 2.24) is 19.9 Å². The van der Waals surface area contributed by atoms with E-state index in [9.17, 15) is 4.79 Å². The Labute approximate surface area is 165 Å². The second-order valence-electron chi connectivity index (χ2n) is 8.78.